The van der Waals surface area contributed by atoms with E-state index in [1.54, 1.807) is 13.2 Å². The molecule has 0 aromatic heterocycles. The molecule has 0 amide bonds. The van der Waals surface area contributed by atoms with Gasteiger partial charge in [0.2, 0.25) is 0 Å². The minimum atomic E-state index is 0.343. The molecule has 62 valence electrons. The Morgan fingerprint density at radius 3 is 3.09 bits per heavy atom. The number of aldehydes is 1. The van der Waals surface area contributed by atoms with E-state index in [4.69, 9.17) is 4.74 Å². The molecule has 1 unspecified atom stereocenters. The number of carbonyl (C=O) groups is 1. The maximum atomic E-state index is 10.2. The maximum absolute atomic E-state index is 10.2. The molecule has 1 saturated carbocycles. The Morgan fingerprint density at radius 2 is 2.45 bits per heavy atom. The Hall–Kier alpha value is -0.630. The molecular weight excluding hydrogens is 140 g/mol. The third-order valence-corrected chi connectivity index (χ3v) is 2.15. The molecular formula is C9H14O2. The highest BCUT2D eigenvalue weighted by Crippen LogP contribution is 2.24. The van der Waals surface area contributed by atoms with Gasteiger partial charge in [0.1, 0.15) is 6.29 Å². The molecule has 2 heteroatoms. The van der Waals surface area contributed by atoms with E-state index in [9.17, 15) is 4.79 Å². The number of allylic oxidation sites excluding steroid dienone is 1. The van der Waals surface area contributed by atoms with E-state index in [0.717, 1.165) is 32.0 Å². The van der Waals surface area contributed by atoms with Gasteiger partial charge >= 0.3 is 0 Å². The average Bonchev–Trinajstić information content (AvgIpc) is 2.06. The van der Waals surface area contributed by atoms with Crippen LogP contribution in [0.25, 0.3) is 0 Å². The lowest BCUT2D eigenvalue weighted by Gasteiger charge is -2.22. The summed E-state index contributed by atoms with van der Waals surface area (Å²) in [5, 5.41) is 0. The predicted molar refractivity (Wildman–Crippen MR) is 43.4 cm³/mol. The third-order valence-electron chi connectivity index (χ3n) is 2.15. The number of methoxy groups -OCH3 is 1. The number of rotatable bonds is 2. The van der Waals surface area contributed by atoms with Gasteiger partial charge in [-0.1, -0.05) is 5.57 Å². The molecule has 0 aromatic rings. The largest absolute Gasteiger partial charge is 0.381 e. The quantitative estimate of drug-likeness (QED) is 0.447. The van der Waals surface area contributed by atoms with E-state index in [0.29, 0.717) is 6.10 Å². The number of hydrogen-bond acceptors (Lipinski definition) is 2. The summed E-state index contributed by atoms with van der Waals surface area (Å²) in [6.45, 7) is 0. The van der Waals surface area contributed by atoms with E-state index >= 15 is 0 Å². The first kappa shape index (κ1) is 8.47. The van der Waals surface area contributed by atoms with Crippen LogP contribution in [0, 0.1) is 0 Å². The van der Waals surface area contributed by atoms with Gasteiger partial charge in [0, 0.05) is 7.11 Å². The highest BCUT2D eigenvalue weighted by molar-refractivity contribution is 5.66. The third kappa shape index (κ3) is 2.46. The lowest BCUT2D eigenvalue weighted by molar-refractivity contribution is -0.104. The van der Waals surface area contributed by atoms with Gasteiger partial charge in [0.15, 0.2) is 0 Å². The zero-order chi connectivity index (χ0) is 8.10. The molecule has 1 atom stereocenters. The minimum Gasteiger partial charge on any atom is -0.381 e. The summed E-state index contributed by atoms with van der Waals surface area (Å²) < 4.78 is 5.21. The molecule has 0 spiro atoms. The molecule has 11 heavy (non-hydrogen) atoms. The highest BCUT2D eigenvalue weighted by Gasteiger charge is 2.15. The average molecular weight is 154 g/mol. The summed E-state index contributed by atoms with van der Waals surface area (Å²) in [5.41, 5.74) is 1.23. The van der Waals surface area contributed by atoms with E-state index in [1.807, 2.05) is 0 Å². The maximum Gasteiger partial charge on any atom is 0.142 e. The molecule has 0 radical (unpaired) electrons. The second-order valence-electron chi connectivity index (χ2n) is 2.92. The fourth-order valence-corrected chi connectivity index (χ4v) is 1.50. The summed E-state index contributed by atoms with van der Waals surface area (Å²) in [6.07, 6.45) is 7.17. The van der Waals surface area contributed by atoms with Crippen LogP contribution in [0.1, 0.15) is 25.7 Å². The van der Waals surface area contributed by atoms with Crippen LogP contribution >= 0.6 is 0 Å². The van der Waals surface area contributed by atoms with Crippen LogP contribution in [-0.4, -0.2) is 19.5 Å². The van der Waals surface area contributed by atoms with Gasteiger partial charge in [-0.25, -0.2) is 0 Å². The Labute approximate surface area is 67.2 Å². The van der Waals surface area contributed by atoms with Gasteiger partial charge < -0.3 is 4.74 Å². The van der Waals surface area contributed by atoms with Crippen molar-refractivity contribution >= 4 is 6.29 Å². The smallest absolute Gasteiger partial charge is 0.142 e. The van der Waals surface area contributed by atoms with Crippen molar-refractivity contribution in [2.45, 2.75) is 31.8 Å². The molecule has 1 rings (SSSR count). The molecule has 2 nitrogen and oxygen atoms in total. The zero-order valence-electron chi connectivity index (χ0n) is 6.88. The van der Waals surface area contributed by atoms with Gasteiger partial charge in [-0.2, -0.15) is 0 Å². The first-order valence-corrected chi connectivity index (χ1v) is 4.03. The number of hydrogen-bond donors (Lipinski definition) is 0. The first-order valence-electron chi connectivity index (χ1n) is 4.03. The van der Waals surface area contributed by atoms with Gasteiger partial charge in [0.25, 0.3) is 0 Å². The van der Waals surface area contributed by atoms with Crippen LogP contribution in [0.4, 0.5) is 0 Å². The van der Waals surface area contributed by atoms with Crippen molar-refractivity contribution < 1.29 is 9.53 Å². The Bertz CT molecular complexity index is 161. The van der Waals surface area contributed by atoms with Crippen LogP contribution in [0.2, 0.25) is 0 Å². The Balaban J connectivity index is 2.45. The zero-order valence-corrected chi connectivity index (χ0v) is 6.88. The number of carbonyl (C=O) groups excluding carboxylic acids is 1. The van der Waals surface area contributed by atoms with Crippen molar-refractivity contribution in [2.24, 2.45) is 0 Å². The van der Waals surface area contributed by atoms with Crippen LogP contribution in [0.3, 0.4) is 0 Å². The lowest BCUT2D eigenvalue weighted by atomic mass is 9.92. The van der Waals surface area contributed by atoms with Gasteiger partial charge in [0.05, 0.1) is 6.10 Å². The van der Waals surface area contributed by atoms with Crippen molar-refractivity contribution in [1.29, 1.82) is 0 Å². The summed E-state index contributed by atoms with van der Waals surface area (Å²) in [7, 11) is 1.73. The fourth-order valence-electron chi connectivity index (χ4n) is 1.50. The fraction of sp³-hybridized carbons (Fsp3) is 0.667. The monoisotopic (exact) mass is 154 g/mol. The van der Waals surface area contributed by atoms with Gasteiger partial charge in [-0.3, -0.25) is 4.79 Å². The number of ether oxygens (including phenoxy) is 1. The van der Waals surface area contributed by atoms with E-state index in [1.165, 1.54) is 5.57 Å². The molecule has 0 saturated heterocycles. The van der Waals surface area contributed by atoms with Crippen LogP contribution < -0.4 is 0 Å². The first-order chi connectivity index (χ1) is 5.36. The highest BCUT2D eigenvalue weighted by atomic mass is 16.5. The normalized spacial score (nSPS) is 28.8. The standard InChI is InChI=1S/C9H14O2/c1-11-9-4-2-3-8(7-9)5-6-10/h5-6,9H,2-4,7H2,1H3. The summed E-state index contributed by atoms with van der Waals surface area (Å²) >= 11 is 0. The second-order valence-corrected chi connectivity index (χ2v) is 2.92. The van der Waals surface area contributed by atoms with Crippen LogP contribution in [0.15, 0.2) is 11.6 Å². The topological polar surface area (TPSA) is 26.3 Å². The summed E-state index contributed by atoms with van der Waals surface area (Å²) in [4.78, 5) is 10.2. The summed E-state index contributed by atoms with van der Waals surface area (Å²) in [5.74, 6) is 0. The molecule has 0 bridgehead atoms. The molecule has 0 aromatic carbocycles. The van der Waals surface area contributed by atoms with Crippen LogP contribution in [-0.2, 0) is 9.53 Å². The molecule has 0 heterocycles. The minimum absolute atomic E-state index is 0.343. The van der Waals surface area contributed by atoms with Crippen molar-refractivity contribution in [1.82, 2.24) is 0 Å². The van der Waals surface area contributed by atoms with Gasteiger partial charge in [-0.15, -0.1) is 0 Å². The van der Waals surface area contributed by atoms with Gasteiger partial charge in [-0.05, 0) is 31.8 Å². The van der Waals surface area contributed by atoms with Crippen molar-refractivity contribution in [3.63, 3.8) is 0 Å². The van der Waals surface area contributed by atoms with Crippen molar-refractivity contribution in [2.75, 3.05) is 7.11 Å². The molecule has 1 aliphatic rings. The van der Waals surface area contributed by atoms with Crippen molar-refractivity contribution in [3.05, 3.63) is 11.6 Å². The summed E-state index contributed by atoms with van der Waals surface area (Å²) in [6, 6.07) is 0. The van der Waals surface area contributed by atoms with Crippen LogP contribution in [0.5, 0.6) is 0 Å². The Kier molecular flexibility index (Phi) is 3.30. The predicted octanol–water partition coefficient (Wildman–Crippen LogP) is 1.70. The second kappa shape index (κ2) is 4.29. The molecule has 0 N–H and O–H groups in total. The SMILES string of the molecule is COC1CCCC(=CC=O)C1. The molecule has 1 aliphatic carbocycles. The van der Waals surface area contributed by atoms with Crippen molar-refractivity contribution in [3.8, 4) is 0 Å². The van der Waals surface area contributed by atoms with E-state index in [-0.39, 0.29) is 0 Å². The molecule has 0 aliphatic heterocycles. The van der Waals surface area contributed by atoms with E-state index in [2.05, 4.69) is 0 Å². The Morgan fingerprint density at radius 1 is 1.64 bits per heavy atom. The lowest BCUT2D eigenvalue weighted by Crippen LogP contribution is -2.16. The molecule has 1 fully saturated rings. The van der Waals surface area contributed by atoms with E-state index < -0.39 is 0 Å².